The summed E-state index contributed by atoms with van der Waals surface area (Å²) in [6, 6.07) is 30.6. The SMILES string of the molecule is O=C(Nc1oc(-c2ccccc2-c2ccccc2O)nc1-c1cccc(Cl)c1)c1ccccc1. The van der Waals surface area contributed by atoms with Crippen molar-refractivity contribution in [3.63, 3.8) is 0 Å². The number of amides is 1. The number of para-hydroxylation sites is 1. The van der Waals surface area contributed by atoms with Crippen LogP contribution in [-0.2, 0) is 0 Å². The van der Waals surface area contributed by atoms with Gasteiger partial charge < -0.3 is 9.52 Å². The normalized spacial score (nSPS) is 10.7. The number of carbonyl (C=O) groups is 1. The maximum absolute atomic E-state index is 12.9. The van der Waals surface area contributed by atoms with Gasteiger partial charge in [0.25, 0.3) is 5.91 Å². The highest BCUT2D eigenvalue weighted by Gasteiger charge is 2.21. The molecule has 0 aliphatic carbocycles. The molecule has 5 aromatic rings. The topological polar surface area (TPSA) is 75.4 Å². The lowest BCUT2D eigenvalue weighted by Gasteiger charge is -2.08. The Morgan fingerprint density at radius 3 is 2.21 bits per heavy atom. The highest BCUT2D eigenvalue weighted by atomic mass is 35.5. The molecule has 1 amide bonds. The molecule has 4 aromatic carbocycles. The Morgan fingerprint density at radius 1 is 0.794 bits per heavy atom. The van der Waals surface area contributed by atoms with E-state index in [1.54, 1.807) is 48.5 Å². The quantitative estimate of drug-likeness (QED) is 0.285. The second-order valence-electron chi connectivity index (χ2n) is 7.59. The molecule has 166 valence electrons. The lowest BCUT2D eigenvalue weighted by atomic mass is 9.99. The molecule has 5 rings (SSSR count). The summed E-state index contributed by atoms with van der Waals surface area (Å²) in [6.45, 7) is 0. The summed E-state index contributed by atoms with van der Waals surface area (Å²) in [5.41, 5.74) is 3.72. The molecule has 34 heavy (non-hydrogen) atoms. The van der Waals surface area contributed by atoms with E-state index < -0.39 is 0 Å². The number of aromatic nitrogens is 1. The number of phenols is 1. The van der Waals surface area contributed by atoms with Crippen molar-refractivity contribution in [2.75, 3.05) is 5.32 Å². The van der Waals surface area contributed by atoms with Gasteiger partial charge in [-0.3, -0.25) is 10.1 Å². The summed E-state index contributed by atoms with van der Waals surface area (Å²) >= 11 is 6.22. The summed E-state index contributed by atoms with van der Waals surface area (Å²) in [6.07, 6.45) is 0. The highest BCUT2D eigenvalue weighted by molar-refractivity contribution is 6.30. The van der Waals surface area contributed by atoms with Gasteiger partial charge in [0, 0.05) is 27.3 Å². The standard InChI is InChI=1S/C28H19ClN2O3/c29-20-12-8-11-19(17-20)25-28(31-26(33)18-9-2-1-3-10-18)34-27(30-25)23-15-5-4-13-21(23)22-14-6-7-16-24(22)32/h1-17,32H,(H,31,33). The Balaban J connectivity index is 1.64. The van der Waals surface area contributed by atoms with E-state index in [1.807, 2.05) is 54.6 Å². The summed E-state index contributed by atoms with van der Waals surface area (Å²) in [4.78, 5) is 17.6. The van der Waals surface area contributed by atoms with Crippen LogP contribution in [0.2, 0.25) is 5.02 Å². The van der Waals surface area contributed by atoms with Gasteiger partial charge in [-0.15, -0.1) is 0 Å². The van der Waals surface area contributed by atoms with Crippen LogP contribution < -0.4 is 5.32 Å². The highest BCUT2D eigenvalue weighted by Crippen LogP contribution is 2.40. The molecule has 0 fully saturated rings. The number of anilines is 1. The number of hydrogen-bond acceptors (Lipinski definition) is 4. The van der Waals surface area contributed by atoms with E-state index in [9.17, 15) is 9.90 Å². The van der Waals surface area contributed by atoms with E-state index in [-0.39, 0.29) is 17.5 Å². The average molecular weight is 467 g/mol. The lowest BCUT2D eigenvalue weighted by Crippen LogP contribution is -2.11. The van der Waals surface area contributed by atoms with Crippen molar-refractivity contribution in [2.45, 2.75) is 0 Å². The molecule has 1 heterocycles. The van der Waals surface area contributed by atoms with E-state index in [2.05, 4.69) is 5.32 Å². The second-order valence-corrected chi connectivity index (χ2v) is 8.03. The van der Waals surface area contributed by atoms with Crippen LogP contribution in [0.25, 0.3) is 33.8 Å². The Hall–Kier alpha value is -4.35. The van der Waals surface area contributed by atoms with Crippen molar-refractivity contribution in [1.82, 2.24) is 4.98 Å². The van der Waals surface area contributed by atoms with Gasteiger partial charge in [0.1, 0.15) is 11.4 Å². The third-order valence-electron chi connectivity index (χ3n) is 5.34. The Morgan fingerprint density at radius 2 is 1.47 bits per heavy atom. The molecular formula is C28H19ClN2O3. The lowest BCUT2D eigenvalue weighted by molar-refractivity contribution is 0.102. The molecule has 2 N–H and O–H groups in total. The molecule has 0 spiro atoms. The minimum absolute atomic E-state index is 0.147. The summed E-state index contributed by atoms with van der Waals surface area (Å²) < 4.78 is 6.12. The number of nitrogens with one attached hydrogen (secondary N) is 1. The average Bonchev–Trinajstić information content (AvgIpc) is 3.28. The first-order valence-corrected chi connectivity index (χ1v) is 11.0. The molecule has 0 saturated heterocycles. The van der Waals surface area contributed by atoms with Crippen LogP contribution in [0, 0.1) is 0 Å². The Kier molecular flexibility index (Phi) is 5.85. The van der Waals surface area contributed by atoms with Gasteiger partial charge in [-0.25, -0.2) is 4.98 Å². The molecule has 0 unspecified atom stereocenters. The molecule has 6 heteroatoms. The molecule has 5 nitrogen and oxygen atoms in total. The largest absolute Gasteiger partial charge is 0.507 e. The number of nitrogens with zero attached hydrogens (tertiary/aromatic N) is 1. The maximum Gasteiger partial charge on any atom is 0.258 e. The van der Waals surface area contributed by atoms with Gasteiger partial charge in [-0.05, 0) is 42.0 Å². The van der Waals surface area contributed by atoms with Crippen molar-refractivity contribution < 1.29 is 14.3 Å². The van der Waals surface area contributed by atoms with Crippen LogP contribution in [-0.4, -0.2) is 16.0 Å². The van der Waals surface area contributed by atoms with Crippen LogP contribution in [0.15, 0.2) is 108 Å². The first-order valence-electron chi connectivity index (χ1n) is 10.6. The van der Waals surface area contributed by atoms with Crippen LogP contribution in [0.3, 0.4) is 0 Å². The van der Waals surface area contributed by atoms with Gasteiger partial charge in [0.15, 0.2) is 0 Å². The van der Waals surface area contributed by atoms with E-state index in [0.29, 0.717) is 38.9 Å². The van der Waals surface area contributed by atoms with Gasteiger partial charge in [0.2, 0.25) is 11.8 Å². The minimum atomic E-state index is -0.319. The third kappa shape index (κ3) is 4.29. The van der Waals surface area contributed by atoms with Crippen molar-refractivity contribution in [2.24, 2.45) is 0 Å². The molecule has 0 saturated carbocycles. The van der Waals surface area contributed by atoms with Crippen LogP contribution in [0.5, 0.6) is 5.75 Å². The zero-order valence-electron chi connectivity index (χ0n) is 17.9. The van der Waals surface area contributed by atoms with Gasteiger partial charge in [-0.1, -0.05) is 78.3 Å². The Bertz CT molecular complexity index is 1480. The van der Waals surface area contributed by atoms with Crippen molar-refractivity contribution >= 4 is 23.4 Å². The number of carbonyl (C=O) groups excluding carboxylic acids is 1. The molecule has 0 aliphatic heterocycles. The molecule has 0 bridgehead atoms. The summed E-state index contributed by atoms with van der Waals surface area (Å²) in [7, 11) is 0. The van der Waals surface area contributed by atoms with Gasteiger partial charge in [0.05, 0.1) is 0 Å². The van der Waals surface area contributed by atoms with Gasteiger partial charge >= 0.3 is 0 Å². The monoisotopic (exact) mass is 466 g/mol. The zero-order chi connectivity index (χ0) is 23.5. The van der Waals surface area contributed by atoms with Gasteiger partial charge in [-0.2, -0.15) is 0 Å². The van der Waals surface area contributed by atoms with E-state index in [0.717, 1.165) is 5.56 Å². The number of oxazole rings is 1. The molecule has 1 aromatic heterocycles. The Labute approximate surface area is 201 Å². The summed E-state index contributed by atoms with van der Waals surface area (Å²) in [5, 5.41) is 13.8. The number of aromatic hydroxyl groups is 1. The molecule has 0 aliphatic rings. The predicted octanol–water partition coefficient (Wildman–Crippen LogP) is 7.29. The van der Waals surface area contributed by atoms with Crippen LogP contribution in [0.4, 0.5) is 5.88 Å². The summed E-state index contributed by atoms with van der Waals surface area (Å²) in [5.74, 6) is 0.338. The van der Waals surface area contributed by atoms with Crippen LogP contribution >= 0.6 is 11.6 Å². The first-order chi connectivity index (χ1) is 16.6. The second kappa shape index (κ2) is 9.25. The van der Waals surface area contributed by atoms with Crippen molar-refractivity contribution in [3.8, 4) is 39.6 Å². The van der Waals surface area contributed by atoms with Crippen molar-refractivity contribution in [1.29, 1.82) is 0 Å². The predicted molar refractivity (Wildman–Crippen MR) is 134 cm³/mol. The smallest absolute Gasteiger partial charge is 0.258 e. The third-order valence-corrected chi connectivity index (χ3v) is 5.58. The van der Waals surface area contributed by atoms with Crippen LogP contribution in [0.1, 0.15) is 10.4 Å². The first kappa shape index (κ1) is 21.5. The fraction of sp³-hybridized carbons (Fsp3) is 0. The minimum Gasteiger partial charge on any atom is -0.507 e. The van der Waals surface area contributed by atoms with E-state index >= 15 is 0 Å². The number of hydrogen-bond donors (Lipinski definition) is 2. The van der Waals surface area contributed by atoms with E-state index in [1.165, 1.54) is 0 Å². The number of halogens is 1. The molecular weight excluding hydrogens is 448 g/mol. The number of benzene rings is 4. The number of phenolic OH excluding ortho intramolecular Hbond substituents is 1. The zero-order valence-corrected chi connectivity index (χ0v) is 18.7. The number of rotatable bonds is 5. The van der Waals surface area contributed by atoms with Crippen molar-refractivity contribution in [3.05, 3.63) is 114 Å². The molecule has 0 radical (unpaired) electrons. The van der Waals surface area contributed by atoms with E-state index in [4.69, 9.17) is 21.0 Å². The molecule has 0 atom stereocenters. The fourth-order valence-electron chi connectivity index (χ4n) is 3.72. The fourth-order valence-corrected chi connectivity index (χ4v) is 3.91. The maximum atomic E-state index is 12.9.